The van der Waals surface area contributed by atoms with Crippen LogP contribution in [0.25, 0.3) is 32.9 Å². The van der Waals surface area contributed by atoms with Crippen LogP contribution in [0.1, 0.15) is 103 Å². The molecule has 2 aliphatic heterocycles. The smallest absolute Gasteiger partial charge is 0.410 e. The molecule has 12 nitrogen and oxygen atoms in total. The van der Waals surface area contributed by atoms with Crippen molar-refractivity contribution in [3.05, 3.63) is 184 Å². The molecule has 0 N–H and O–H groups in total. The number of benzene rings is 6. The second-order valence-electron chi connectivity index (χ2n) is 20.9. The van der Waals surface area contributed by atoms with E-state index >= 15 is 4.39 Å². The number of halogens is 1. The molecule has 11 rings (SSSR count). The van der Waals surface area contributed by atoms with Crippen molar-refractivity contribution in [3.8, 4) is 28.5 Å². The quantitative estimate of drug-likeness (QED) is 0.0724. The van der Waals surface area contributed by atoms with Crippen LogP contribution in [0.5, 0.6) is 17.4 Å². The lowest BCUT2D eigenvalue weighted by Crippen LogP contribution is -2.38. The summed E-state index contributed by atoms with van der Waals surface area (Å²) in [6.07, 6.45) is 5.38. The highest BCUT2D eigenvalue weighted by molar-refractivity contribution is 6.05. The normalized spacial score (nSPS) is 16.9. The van der Waals surface area contributed by atoms with Gasteiger partial charge in [0.2, 0.25) is 5.88 Å². The van der Waals surface area contributed by atoms with Gasteiger partial charge in [-0.25, -0.2) is 19.0 Å². The van der Waals surface area contributed by atoms with Gasteiger partial charge in [0.25, 0.3) is 0 Å². The first kappa shape index (κ1) is 49.4. The summed E-state index contributed by atoms with van der Waals surface area (Å²) in [7, 11) is 1.35. The number of esters is 1. The number of likely N-dealkylation sites (tertiary alicyclic amines) is 1. The van der Waals surface area contributed by atoms with Crippen molar-refractivity contribution in [3.63, 3.8) is 0 Å². The molecule has 3 aliphatic rings. The third-order valence-electron chi connectivity index (χ3n) is 14.5. The number of carbonyl (C=O) groups excluding carboxylic acids is 2. The predicted molar refractivity (Wildman–Crippen MR) is 285 cm³/mol. The number of amides is 1. The van der Waals surface area contributed by atoms with E-state index in [9.17, 15) is 9.59 Å². The second-order valence-corrected chi connectivity index (χ2v) is 20.9. The molecule has 8 aromatic rings. The summed E-state index contributed by atoms with van der Waals surface area (Å²) in [5.74, 6) is 0.488. The van der Waals surface area contributed by atoms with Crippen molar-refractivity contribution in [2.24, 2.45) is 0 Å². The Morgan fingerprint density at radius 3 is 2.05 bits per heavy atom. The van der Waals surface area contributed by atoms with E-state index in [0.717, 1.165) is 58.9 Å². The summed E-state index contributed by atoms with van der Waals surface area (Å²) >= 11 is 0. The standard InChI is InChI=1S/C62H61FN4O8/c1-39-51(63)33-52-50(36-67(65-52)62(43-16-9-6-10-17-43,44-18-11-7-12-19-44)45-20-13-8-14-21-45)55(39)56-48(41-27-28-41)32-49-53(74-46-29-30-66(35-46)60(69)75-61(2,3)4)34-54(72-38-47-22-15-31-71-47)64-57(49)58(56)73-37-40-23-25-42(26-24-40)59(68)70-5/h6-14,16-21,23-26,32-34,36,41,46-47H,15,22,27-31,35,37-38H2,1-5H3/t46-,47-/m0/s1. The van der Waals surface area contributed by atoms with Gasteiger partial charge in [0, 0.05) is 59.8 Å². The van der Waals surface area contributed by atoms with Gasteiger partial charge in [0.1, 0.15) is 47.5 Å². The van der Waals surface area contributed by atoms with Gasteiger partial charge >= 0.3 is 12.1 Å². The number of ether oxygens (including phenoxy) is 6. The third-order valence-corrected chi connectivity index (χ3v) is 14.5. The summed E-state index contributed by atoms with van der Waals surface area (Å²) in [6.45, 7) is 9.18. The lowest BCUT2D eigenvalue weighted by Gasteiger charge is -2.36. The van der Waals surface area contributed by atoms with Crippen LogP contribution in [0.2, 0.25) is 0 Å². The van der Waals surface area contributed by atoms with E-state index in [1.54, 1.807) is 17.0 Å². The Labute approximate surface area is 436 Å². The Kier molecular flexibility index (Phi) is 13.5. The Morgan fingerprint density at radius 2 is 1.45 bits per heavy atom. The highest BCUT2D eigenvalue weighted by Gasteiger charge is 2.41. The molecular weight excluding hydrogens is 948 g/mol. The van der Waals surface area contributed by atoms with E-state index < -0.39 is 29.0 Å². The number of carbonyl (C=O) groups is 2. The summed E-state index contributed by atoms with van der Waals surface area (Å²) in [4.78, 5) is 32.8. The number of methoxy groups -OCH3 is 1. The number of hydrogen-bond donors (Lipinski definition) is 0. The molecule has 2 aromatic heterocycles. The van der Waals surface area contributed by atoms with Crippen LogP contribution in [0, 0.1) is 12.7 Å². The maximum absolute atomic E-state index is 17.2. The Balaban J connectivity index is 1.14. The zero-order chi connectivity index (χ0) is 51.8. The molecule has 1 aliphatic carbocycles. The Hall–Kier alpha value is -7.77. The van der Waals surface area contributed by atoms with Crippen LogP contribution in [-0.2, 0) is 26.4 Å². The molecule has 0 spiro atoms. The molecule has 1 saturated carbocycles. The largest absolute Gasteiger partial charge is 0.488 e. The number of fused-ring (bicyclic) bond motifs is 2. The van der Waals surface area contributed by atoms with Crippen molar-refractivity contribution in [1.82, 2.24) is 19.7 Å². The average molecular weight is 1010 g/mol. The van der Waals surface area contributed by atoms with Gasteiger partial charge in [-0.3, -0.25) is 4.68 Å². The van der Waals surface area contributed by atoms with Gasteiger partial charge in [0.05, 0.1) is 30.8 Å². The summed E-state index contributed by atoms with van der Waals surface area (Å²) in [5.41, 5.74) is 6.13. The minimum atomic E-state index is -0.981. The average Bonchev–Trinajstić information content (AvgIpc) is 3.70. The van der Waals surface area contributed by atoms with Crippen molar-refractivity contribution in [2.45, 2.75) is 95.7 Å². The van der Waals surface area contributed by atoms with Crippen LogP contribution >= 0.6 is 0 Å². The maximum atomic E-state index is 17.2. The van der Waals surface area contributed by atoms with Crippen LogP contribution in [-0.4, -0.2) is 82.9 Å². The second kappa shape index (κ2) is 20.5. The number of rotatable bonds is 15. The molecule has 2 saturated heterocycles. The van der Waals surface area contributed by atoms with Crippen LogP contribution in [0.4, 0.5) is 9.18 Å². The lowest BCUT2D eigenvalue weighted by atomic mass is 9.77. The first-order valence-corrected chi connectivity index (χ1v) is 25.9. The van der Waals surface area contributed by atoms with Crippen molar-refractivity contribution < 1.29 is 42.4 Å². The minimum absolute atomic E-state index is 0.0694. The molecule has 0 bridgehead atoms. The zero-order valence-electron chi connectivity index (χ0n) is 43.0. The molecule has 384 valence electrons. The highest BCUT2D eigenvalue weighted by atomic mass is 19.1. The van der Waals surface area contributed by atoms with Gasteiger partial charge in [-0.2, -0.15) is 5.10 Å². The van der Waals surface area contributed by atoms with E-state index in [0.29, 0.717) is 82.2 Å². The summed E-state index contributed by atoms with van der Waals surface area (Å²) in [6, 6.07) is 43.5. The molecule has 75 heavy (non-hydrogen) atoms. The maximum Gasteiger partial charge on any atom is 0.410 e. The van der Waals surface area contributed by atoms with Crippen LogP contribution in [0.15, 0.2) is 140 Å². The van der Waals surface area contributed by atoms with Gasteiger partial charge in [-0.15, -0.1) is 0 Å². The lowest BCUT2D eigenvalue weighted by molar-refractivity contribution is 0.0275. The minimum Gasteiger partial charge on any atom is -0.488 e. The molecule has 13 heteroatoms. The van der Waals surface area contributed by atoms with Crippen LogP contribution in [0.3, 0.4) is 0 Å². The summed E-state index contributed by atoms with van der Waals surface area (Å²) < 4.78 is 56.6. The molecule has 4 heterocycles. The Bertz CT molecular complexity index is 3270. The van der Waals surface area contributed by atoms with Gasteiger partial charge in [-0.1, -0.05) is 103 Å². The van der Waals surface area contributed by atoms with Crippen molar-refractivity contribution in [2.75, 3.05) is 33.4 Å². The van der Waals surface area contributed by atoms with E-state index in [2.05, 4.69) is 48.7 Å². The molecule has 3 fully saturated rings. The number of hydrogen-bond acceptors (Lipinski definition) is 10. The van der Waals surface area contributed by atoms with Gasteiger partial charge in [0.15, 0.2) is 5.75 Å². The monoisotopic (exact) mass is 1010 g/mol. The fourth-order valence-corrected chi connectivity index (χ4v) is 10.7. The number of pyridine rings is 1. The third kappa shape index (κ3) is 9.89. The van der Waals surface area contributed by atoms with E-state index in [4.69, 9.17) is 38.5 Å². The van der Waals surface area contributed by atoms with Gasteiger partial charge < -0.3 is 33.3 Å². The predicted octanol–water partition coefficient (Wildman–Crippen LogP) is 12.7. The fraction of sp³-hybridized carbons (Fsp3) is 0.323. The molecular formula is C62H61FN4O8. The molecule has 0 radical (unpaired) electrons. The molecule has 2 atom stereocenters. The number of aromatic nitrogens is 3. The highest BCUT2D eigenvalue weighted by Crippen LogP contribution is 2.54. The SMILES string of the molecule is COC(=O)c1ccc(COc2c(-c3c(C)c(F)cc4nn(C(c5ccccc5)(c5ccccc5)c5ccccc5)cc34)c(C3CC3)cc3c(O[C@H]4CCN(C(=O)OC(C)(C)C)C4)cc(OC[C@@H]4CCCO4)nc23)cc1. The van der Waals surface area contributed by atoms with E-state index in [1.807, 2.05) is 105 Å². The first-order valence-electron chi connectivity index (χ1n) is 25.9. The zero-order valence-corrected chi connectivity index (χ0v) is 43.0. The number of nitrogens with zero attached hydrogens (tertiary/aromatic N) is 4. The van der Waals surface area contributed by atoms with Crippen molar-refractivity contribution >= 4 is 33.9 Å². The Morgan fingerprint density at radius 1 is 0.787 bits per heavy atom. The topological polar surface area (TPSA) is 123 Å². The van der Waals surface area contributed by atoms with Gasteiger partial charge in [-0.05, 0) is 111 Å². The molecule has 1 amide bonds. The molecule has 6 aromatic carbocycles. The van der Waals surface area contributed by atoms with Crippen LogP contribution < -0.4 is 14.2 Å². The van der Waals surface area contributed by atoms with E-state index in [-0.39, 0.29) is 31.3 Å². The summed E-state index contributed by atoms with van der Waals surface area (Å²) in [5, 5.41) is 6.80. The van der Waals surface area contributed by atoms with Crippen molar-refractivity contribution in [1.29, 1.82) is 0 Å². The van der Waals surface area contributed by atoms with E-state index in [1.165, 1.54) is 13.2 Å². The fourth-order valence-electron chi connectivity index (χ4n) is 10.7. The molecule has 0 unspecified atom stereocenters. The first-order chi connectivity index (χ1) is 36.4.